The number of hydrogen-bond acceptors (Lipinski definition) is 3. The predicted octanol–water partition coefficient (Wildman–Crippen LogP) is 2.30. The van der Waals surface area contributed by atoms with Crippen LogP contribution < -0.4 is 5.32 Å². The van der Waals surface area contributed by atoms with Crippen LogP contribution in [0, 0.1) is 0 Å². The summed E-state index contributed by atoms with van der Waals surface area (Å²) in [5.41, 5.74) is -0.420. The lowest BCUT2D eigenvalue weighted by Gasteiger charge is -2.34. The minimum atomic E-state index is -4.41. The molecule has 7 heteroatoms. The molecule has 1 fully saturated rings. The lowest BCUT2D eigenvalue weighted by atomic mass is 10.0. The van der Waals surface area contributed by atoms with Crippen molar-refractivity contribution in [3.8, 4) is 0 Å². The lowest BCUT2D eigenvalue weighted by molar-refractivity contribution is -0.137. The van der Waals surface area contributed by atoms with Gasteiger partial charge < -0.3 is 10.4 Å². The maximum Gasteiger partial charge on any atom is 0.416 e. The number of aliphatic hydroxyl groups is 1. The third-order valence-corrected chi connectivity index (χ3v) is 3.79. The van der Waals surface area contributed by atoms with Gasteiger partial charge in [0.1, 0.15) is 0 Å². The number of alkyl halides is 3. The van der Waals surface area contributed by atoms with Crippen LogP contribution in [0.2, 0.25) is 5.02 Å². The van der Waals surface area contributed by atoms with Crippen LogP contribution in [-0.2, 0) is 6.18 Å². The molecule has 1 aliphatic heterocycles. The van der Waals surface area contributed by atoms with Gasteiger partial charge in [0.25, 0.3) is 0 Å². The minimum absolute atomic E-state index is 0.246. The van der Waals surface area contributed by atoms with Crippen molar-refractivity contribution in [3.63, 3.8) is 0 Å². The number of nitrogens with one attached hydrogen (secondary N) is 1. The van der Waals surface area contributed by atoms with Gasteiger partial charge >= 0.3 is 6.18 Å². The Hall–Kier alpha value is -0.820. The van der Waals surface area contributed by atoms with Crippen LogP contribution in [0.3, 0.4) is 0 Å². The van der Waals surface area contributed by atoms with Crippen LogP contribution in [0.4, 0.5) is 13.2 Å². The maximum atomic E-state index is 12.8. The molecule has 0 amide bonds. The van der Waals surface area contributed by atoms with E-state index in [1.807, 2.05) is 4.90 Å². The van der Waals surface area contributed by atoms with E-state index in [2.05, 4.69) is 5.32 Å². The number of piperazine rings is 1. The van der Waals surface area contributed by atoms with E-state index in [4.69, 9.17) is 11.6 Å². The molecule has 1 atom stereocenters. The number of benzene rings is 1. The average molecular weight is 309 g/mol. The molecule has 0 saturated carbocycles. The Labute approximate surface area is 120 Å². The molecule has 0 unspecified atom stereocenters. The van der Waals surface area contributed by atoms with E-state index in [1.54, 1.807) is 0 Å². The maximum absolute atomic E-state index is 12.8. The van der Waals surface area contributed by atoms with Crippen LogP contribution >= 0.6 is 11.6 Å². The molecular weight excluding hydrogens is 293 g/mol. The topological polar surface area (TPSA) is 35.5 Å². The van der Waals surface area contributed by atoms with Crippen LogP contribution in [-0.4, -0.2) is 42.8 Å². The largest absolute Gasteiger partial charge is 0.416 e. The Bertz CT molecular complexity index is 461. The lowest BCUT2D eigenvalue weighted by Crippen LogP contribution is -2.46. The zero-order valence-corrected chi connectivity index (χ0v) is 11.5. The Morgan fingerprint density at radius 3 is 2.50 bits per heavy atom. The van der Waals surface area contributed by atoms with Crippen molar-refractivity contribution in [1.29, 1.82) is 0 Å². The molecule has 0 aromatic heterocycles. The fraction of sp³-hybridized carbons (Fsp3) is 0.538. The van der Waals surface area contributed by atoms with Crippen LogP contribution in [0.1, 0.15) is 17.2 Å². The molecule has 2 N–H and O–H groups in total. The molecule has 0 aliphatic carbocycles. The summed E-state index contributed by atoms with van der Waals surface area (Å²) in [6.07, 6.45) is -4.41. The first-order chi connectivity index (χ1) is 9.43. The van der Waals surface area contributed by atoms with E-state index in [1.165, 1.54) is 6.07 Å². The summed E-state index contributed by atoms with van der Waals surface area (Å²) in [6.45, 7) is 2.55. The summed E-state index contributed by atoms with van der Waals surface area (Å²) in [5.74, 6) is 0. The van der Waals surface area contributed by atoms with Gasteiger partial charge in [-0.25, -0.2) is 0 Å². The smallest absolute Gasteiger partial charge is 0.394 e. The normalized spacial score (nSPS) is 19.1. The molecule has 2 rings (SSSR count). The molecule has 1 aromatic rings. The SMILES string of the molecule is OC[C@H](c1cc(C(F)(F)F)ccc1Cl)N1CCNCC1. The van der Waals surface area contributed by atoms with Crippen molar-refractivity contribution in [1.82, 2.24) is 10.2 Å². The molecular formula is C13H16ClF3N2O. The molecule has 112 valence electrons. The Morgan fingerprint density at radius 1 is 1.30 bits per heavy atom. The first kappa shape index (κ1) is 15.6. The molecule has 20 heavy (non-hydrogen) atoms. The Morgan fingerprint density at radius 2 is 1.95 bits per heavy atom. The standard InChI is InChI=1S/C13H16ClF3N2O/c14-11-2-1-9(13(15,16)17)7-10(11)12(8-20)19-5-3-18-4-6-19/h1-2,7,12,18,20H,3-6,8H2/t12-/m1/s1. The quantitative estimate of drug-likeness (QED) is 0.899. The Balaban J connectivity index is 2.32. The third-order valence-electron chi connectivity index (χ3n) is 3.45. The van der Waals surface area contributed by atoms with Gasteiger partial charge in [0.05, 0.1) is 18.2 Å². The Kier molecular flexibility index (Phi) is 4.90. The first-order valence-corrected chi connectivity index (χ1v) is 6.73. The van der Waals surface area contributed by atoms with Crippen LogP contribution in [0.15, 0.2) is 18.2 Å². The second-order valence-corrected chi connectivity index (χ2v) is 5.13. The first-order valence-electron chi connectivity index (χ1n) is 6.35. The van der Waals surface area contributed by atoms with Crippen LogP contribution in [0.5, 0.6) is 0 Å². The highest BCUT2D eigenvalue weighted by Gasteiger charge is 2.32. The van der Waals surface area contributed by atoms with E-state index in [-0.39, 0.29) is 11.6 Å². The van der Waals surface area contributed by atoms with Crippen molar-refractivity contribution in [3.05, 3.63) is 34.3 Å². The van der Waals surface area contributed by atoms with Crippen molar-refractivity contribution < 1.29 is 18.3 Å². The summed E-state index contributed by atoms with van der Waals surface area (Å²) in [6, 6.07) is 2.72. The third kappa shape index (κ3) is 3.44. The van der Waals surface area contributed by atoms with Crippen molar-refractivity contribution in [2.24, 2.45) is 0 Å². The second kappa shape index (κ2) is 6.30. The van der Waals surface area contributed by atoms with E-state index < -0.39 is 17.8 Å². The van der Waals surface area contributed by atoms with Gasteiger partial charge in [-0.1, -0.05) is 11.6 Å². The number of rotatable bonds is 3. The molecule has 1 saturated heterocycles. The molecule has 0 radical (unpaired) electrons. The van der Waals surface area contributed by atoms with Crippen LogP contribution in [0.25, 0.3) is 0 Å². The predicted molar refractivity (Wildman–Crippen MR) is 70.7 cm³/mol. The molecule has 0 bridgehead atoms. The van der Waals surface area contributed by atoms with Gasteiger partial charge in [-0.05, 0) is 23.8 Å². The summed E-state index contributed by atoms with van der Waals surface area (Å²) < 4.78 is 38.3. The highest BCUT2D eigenvalue weighted by atomic mass is 35.5. The van der Waals surface area contributed by atoms with Gasteiger partial charge in [0.2, 0.25) is 0 Å². The van der Waals surface area contributed by atoms with E-state index in [0.717, 1.165) is 25.2 Å². The van der Waals surface area contributed by atoms with Gasteiger partial charge in [0, 0.05) is 31.2 Å². The summed E-state index contributed by atoms with van der Waals surface area (Å²) >= 11 is 6.02. The summed E-state index contributed by atoms with van der Waals surface area (Å²) in [4.78, 5) is 1.94. The zero-order chi connectivity index (χ0) is 14.8. The van der Waals surface area contributed by atoms with Crippen molar-refractivity contribution in [2.45, 2.75) is 12.2 Å². The van der Waals surface area contributed by atoms with Gasteiger partial charge in [0.15, 0.2) is 0 Å². The average Bonchev–Trinajstić information content (AvgIpc) is 2.41. The highest BCUT2D eigenvalue weighted by Crippen LogP contribution is 2.35. The molecule has 1 aromatic carbocycles. The number of hydrogen-bond donors (Lipinski definition) is 2. The van der Waals surface area contributed by atoms with Gasteiger partial charge in [-0.15, -0.1) is 0 Å². The van der Waals surface area contributed by atoms with E-state index in [9.17, 15) is 18.3 Å². The van der Waals surface area contributed by atoms with Crippen molar-refractivity contribution in [2.75, 3.05) is 32.8 Å². The fourth-order valence-corrected chi connectivity index (χ4v) is 2.62. The fourth-order valence-electron chi connectivity index (χ4n) is 2.38. The zero-order valence-electron chi connectivity index (χ0n) is 10.8. The number of nitrogens with zero attached hydrogens (tertiary/aromatic N) is 1. The second-order valence-electron chi connectivity index (χ2n) is 4.72. The van der Waals surface area contributed by atoms with Gasteiger partial charge in [-0.3, -0.25) is 4.90 Å². The summed E-state index contributed by atoms with van der Waals surface area (Å²) in [5, 5.41) is 13.0. The molecule has 3 nitrogen and oxygen atoms in total. The number of aliphatic hydroxyl groups excluding tert-OH is 1. The van der Waals surface area contributed by atoms with E-state index in [0.29, 0.717) is 18.7 Å². The summed E-state index contributed by atoms with van der Waals surface area (Å²) in [7, 11) is 0. The van der Waals surface area contributed by atoms with Crippen molar-refractivity contribution >= 4 is 11.6 Å². The highest BCUT2D eigenvalue weighted by molar-refractivity contribution is 6.31. The number of halogens is 4. The molecule has 1 aliphatic rings. The molecule has 1 heterocycles. The monoisotopic (exact) mass is 308 g/mol. The van der Waals surface area contributed by atoms with Gasteiger partial charge in [-0.2, -0.15) is 13.2 Å². The van der Waals surface area contributed by atoms with E-state index >= 15 is 0 Å². The minimum Gasteiger partial charge on any atom is -0.394 e. The molecule has 0 spiro atoms.